The molecular weight excluding hydrogens is 216 g/mol. The normalized spacial score (nSPS) is 8.50. The Bertz CT molecular complexity index is 62.4. The smallest absolute Gasteiger partial charge is 0.0446 e. The van der Waals surface area contributed by atoms with E-state index in [1.54, 1.807) is 0 Å². The third kappa shape index (κ3) is 56.2. The van der Waals surface area contributed by atoms with Gasteiger partial charge in [0.2, 0.25) is 0 Å². The molecule has 0 radical (unpaired) electrons. The minimum absolute atomic E-state index is 0. The van der Waals surface area contributed by atoms with Gasteiger partial charge in [-0.3, -0.25) is 0 Å². The van der Waals surface area contributed by atoms with Gasteiger partial charge in [0.1, 0.15) is 0 Å². The second-order valence-electron chi connectivity index (χ2n) is 4.01. The molecule has 0 saturated heterocycles. The number of hydrogen-bond acceptors (Lipinski definition) is 0. The first-order valence-corrected chi connectivity index (χ1v) is 6.22. The molecule has 18 heavy (non-hydrogen) atoms. The van der Waals surface area contributed by atoms with Crippen LogP contribution in [0.4, 0.5) is 0 Å². The summed E-state index contributed by atoms with van der Waals surface area (Å²) in [6, 6.07) is 0. The molecule has 0 spiro atoms. The fourth-order valence-corrected chi connectivity index (χ4v) is 1.20. The summed E-state index contributed by atoms with van der Waals surface area (Å²) in [5.41, 5.74) is 0. The van der Waals surface area contributed by atoms with Gasteiger partial charge in [-0.25, -0.2) is 0 Å². The predicted molar refractivity (Wildman–Crippen MR) is 97.8 cm³/mol. The van der Waals surface area contributed by atoms with Crippen molar-refractivity contribution in [2.75, 3.05) is 0 Å². The average molecular weight is 267 g/mol. The van der Waals surface area contributed by atoms with Crippen molar-refractivity contribution >= 4 is 0 Å². The van der Waals surface area contributed by atoms with Crippen molar-refractivity contribution in [3.8, 4) is 0 Å². The molecule has 0 amide bonds. The van der Waals surface area contributed by atoms with Crippen LogP contribution in [0.15, 0.2) is 0 Å². The van der Waals surface area contributed by atoms with Crippen LogP contribution < -0.4 is 0 Å². The Balaban J connectivity index is -0.0000000212. The zero-order valence-corrected chi connectivity index (χ0v) is 10.5. The number of rotatable bonds is 6. The van der Waals surface area contributed by atoms with Gasteiger partial charge >= 0.3 is 0 Å². The molecule has 1 atom stereocenters. The van der Waals surface area contributed by atoms with Gasteiger partial charge in [0.25, 0.3) is 0 Å². The van der Waals surface area contributed by atoms with Gasteiger partial charge in [0, 0.05) is 0 Å². The fourth-order valence-electron chi connectivity index (χ4n) is 1.20. The van der Waals surface area contributed by atoms with Crippen LogP contribution in [0.5, 0.6) is 0 Å². The zero-order chi connectivity index (χ0) is 10.5. The average Bonchev–Trinajstić information content (AvgIpc) is 2.16. The Labute approximate surface area is 123 Å². The minimum atomic E-state index is 0. The van der Waals surface area contributed by atoms with Gasteiger partial charge in [-0.2, -0.15) is 0 Å². The van der Waals surface area contributed by atoms with Crippen LogP contribution in [0.2, 0.25) is 0 Å². The molecular formula is C18H50. The van der Waals surface area contributed by atoms with E-state index in [1.807, 2.05) is 0 Å². The third-order valence-electron chi connectivity index (χ3n) is 2.44. The van der Waals surface area contributed by atoms with E-state index in [0.717, 1.165) is 5.92 Å². The minimum Gasteiger partial charge on any atom is -0.0776 e. The Hall–Kier alpha value is 0. The summed E-state index contributed by atoms with van der Waals surface area (Å²) < 4.78 is 0. The second kappa shape index (κ2) is 43.5. The lowest BCUT2D eigenvalue weighted by Crippen LogP contribution is -1.88. The van der Waals surface area contributed by atoms with E-state index in [4.69, 9.17) is 0 Å². The molecule has 0 aromatic carbocycles. The molecule has 0 saturated carbocycles. The Morgan fingerprint density at radius 2 is 0.944 bits per heavy atom. The van der Waals surface area contributed by atoms with Gasteiger partial charge in [0.05, 0.1) is 0 Å². The SMILES string of the molecule is C.C.C.C.C.CCCC(C)CC.CCCCCC. The molecule has 0 aliphatic carbocycles. The Morgan fingerprint density at radius 3 is 1.06 bits per heavy atom. The third-order valence-corrected chi connectivity index (χ3v) is 2.44. The van der Waals surface area contributed by atoms with Gasteiger partial charge in [-0.15, -0.1) is 0 Å². The molecule has 0 N–H and O–H groups in total. The molecule has 0 aliphatic heterocycles. The topological polar surface area (TPSA) is 0 Å². The summed E-state index contributed by atoms with van der Waals surface area (Å²) in [5.74, 6) is 0.949. The van der Waals surface area contributed by atoms with Crippen LogP contribution in [0.25, 0.3) is 0 Å². The van der Waals surface area contributed by atoms with E-state index >= 15 is 0 Å². The van der Waals surface area contributed by atoms with E-state index in [1.165, 1.54) is 44.9 Å². The first-order chi connectivity index (χ1) is 6.22. The molecule has 1 unspecified atom stereocenters. The van der Waals surface area contributed by atoms with Crippen molar-refractivity contribution in [2.45, 2.75) is 117 Å². The first kappa shape index (κ1) is 43.0. The largest absolute Gasteiger partial charge is 0.0776 e. The van der Waals surface area contributed by atoms with Crippen molar-refractivity contribution in [1.29, 1.82) is 0 Å². The van der Waals surface area contributed by atoms with Crippen molar-refractivity contribution in [3.63, 3.8) is 0 Å². The molecule has 0 heterocycles. The monoisotopic (exact) mass is 266 g/mol. The van der Waals surface area contributed by atoms with E-state index in [2.05, 4.69) is 34.6 Å². The predicted octanol–water partition coefficient (Wildman–Crippen LogP) is 8.60. The van der Waals surface area contributed by atoms with Crippen LogP contribution in [0, 0.1) is 5.92 Å². The second-order valence-corrected chi connectivity index (χ2v) is 4.01. The molecule has 0 aromatic rings. The van der Waals surface area contributed by atoms with Gasteiger partial charge in [-0.05, 0) is 5.92 Å². The van der Waals surface area contributed by atoms with E-state index in [-0.39, 0.29) is 37.1 Å². The molecule has 0 aromatic heterocycles. The molecule has 0 rings (SSSR count). The van der Waals surface area contributed by atoms with Crippen molar-refractivity contribution in [2.24, 2.45) is 5.92 Å². The summed E-state index contributed by atoms with van der Waals surface area (Å²) in [4.78, 5) is 0. The van der Waals surface area contributed by atoms with Crippen LogP contribution in [0.3, 0.4) is 0 Å². The summed E-state index contributed by atoms with van der Waals surface area (Å²) in [6.45, 7) is 11.3. The molecule has 0 heteroatoms. The summed E-state index contributed by atoms with van der Waals surface area (Å²) in [5, 5.41) is 0. The van der Waals surface area contributed by atoms with Gasteiger partial charge in [0.15, 0.2) is 0 Å². The maximum atomic E-state index is 2.31. The lowest BCUT2D eigenvalue weighted by molar-refractivity contribution is 0.509. The standard InChI is InChI=1S/C7H16.C6H14.5CH4/c1-4-6-7(3)5-2;1-3-5-6-4-2;;;;;/h7H,4-6H2,1-3H3;3-6H2,1-2H3;5*1H4. The van der Waals surface area contributed by atoms with Crippen LogP contribution in [-0.2, 0) is 0 Å². The van der Waals surface area contributed by atoms with Crippen molar-refractivity contribution < 1.29 is 0 Å². The van der Waals surface area contributed by atoms with E-state index in [9.17, 15) is 0 Å². The van der Waals surface area contributed by atoms with E-state index < -0.39 is 0 Å². The zero-order valence-electron chi connectivity index (χ0n) is 10.5. The molecule has 0 aliphatic rings. The van der Waals surface area contributed by atoms with Gasteiger partial charge in [-0.1, -0.05) is 117 Å². The summed E-state index contributed by atoms with van der Waals surface area (Å²) >= 11 is 0. The highest BCUT2D eigenvalue weighted by molar-refractivity contribution is 4.45. The molecule has 0 bridgehead atoms. The summed E-state index contributed by atoms with van der Waals surface area (Å²) in [7, 11) is 0. The highest BCUT2D eigenvalue weighted by atomic mass is 14.0. The van der Waals surface area contributed by atoms with Crippen LogP contribution in [-0.4, -0.2) is 0 Å². The van der Waals surface area contributed by atoms with E-state index in [0.29, 0.717) is 0 Å². The van der Waals surface area contributed by atoms with Gasteiger partial charge < -0.3 is 0 Å². The van der Waals surface area contributed by atoms with Crippen molar-refractivity contribution in [3.05, 3.63) is 0 Å². The lowest BCUT2D eigenvalue weighted by atomic mass is 10.0. The summed E-state index contributed by atoms with van der Waals surface area (Å²) in [6.07, 6.45) is 9.62. The number of unbranched alkanes of at least 4 members (excludes halogenated alkanes) is 3. The maximum absolute atomic E-state index is 2.31. The van der Waals surface area contributed by atoms with Crippen LogP contribution >= 0.6 is 0 Å². The van der Waals surface area contributed by atoms with Crippen LogP contribution in [0.1, 0.15) is 117 Å². The lowest BCUT2D eigenvalue weighted by Gasteiger charge is -2.02. The molecule has 122 valence electrons. The van der Waals surface area contributed by atoms with Crippen molar-refractivity contribution in [1.82, 2.24) is 0 Å². The molecule has 0 nitrogen and oxygen atoms in total. The highest BCUT2D eigenvalue weighted by Gasteiger charge is 1.92. The fraction of sp³-hybridized carbons (Fsp3) is 1.00. The first-order valence-electron chi connectivity index (χ1n) is 6.22. The Kier molecular flexibility index (Phi) is 104. The number of hydrogen-bond donors (Lipinski definition) is 0. The molecule has 0 fully saturated rings. The highest BCUT2D eigenvalue weighted by Crippen LogP contribution is 2.07. The Morgan fingerprint density at radius 1 is 0.611 bits per heavy atom. The maximum Gasteiger partial charge on any atom is -0.0446 e. The quantitative estimate of drug-likeness (QED) is 0.422.